The summed E-state index contributed by atoms with van der Waals surface area (Å²) in [6.07, 6.45) is -0.559. The maximum Gasteiger partial charge on any atom is 0.261 e. The summed E-state index contributed by atoms with van der Waals surface area (Å²) < 4.78 is 5.86. The number of ether oxygens (including phenoxy) is 1. The van der Waals surface area contributed by atoms with Crippen LogP contribution >= 0.6 is 0 Å². The largest absolute Gasteiger partial charge is 0.481 e. The van der Waals surface area contributed by atoms with Gasteiger partial charge in [-0.2, -0.15) is 0 Å². The maximum absolute atomic E-state index is 12.5. The normalized spacial score (nSPS) is 15.7. The van der Waals surface area contributed by atoms with Gasteiger partial charge in [0.1, 0.15) is 5.75 Å². The Kier molecular flexibility index (Phi) is 6.19. The SMILES string of the molecule is C[C@@H](Oc1ccc2ccccc2c1)C(=O)NCc1ccc(N2CCN(C)CC2)cc1. The molecule has 5 nitrogen and oxygen atoms in total. The fraction of sp³-hybridized carbons (Fsp3) is 0.320. The van der Waals surface area contributed by atoms with Crippen LogP contribution in [0.2, 0.25) is 0 Å². The lowest BCUT2D eigenvalue weighted by atomic mass is 10.1. The van der Waals surface area contributed by atoms with E-state index in [4.69, 9.17) is 4.74 Å². The number of benzene rings is 3. The molecule has 0 aromatic heterocycles. The second-order valence-electron chi connectivity index (χ2n) is 7.94. The first-order valence-electron chi connectivity index (χ1n) is 10.5. The Morgan fingerprint density at radius 1 is 0.967 bits per heavy atom. The van der Waals surface area contributed by atoms with Gasteiger partial charge in [0, 0.05) is 38.4 Å². The van der Waals surface area contributed by atoms with Crippen LogP contribution in [0.1, 0.15) is 12.5 Å². The Bertz CT molecular complexity index is 995. The first-order chi connectivity index (χ1) is 14.6. The van der Waals surface area contributed by atoms with Crippen LogP contribution in [0.25, 0.3) is 10.8 Å². The number of nitrogens with one attached hydrogen (secondary N) is 1. The summed E-state index contributed by atoms with van der Waals surface area (Å²) in [4.78, 5) is 17.2. The summed E-state index contributed by atoms with van der Waals surface area (Å²) in [6.45, 7) is 6.56. The summed E-state index contributed by atoms with van der Waals surface area (Å²) in [7, 11) is 2.16. The van der Waals surface area contributed by atoms with Crippen molar-refractivity contribution in [3.8, 4) is 5.75 Å². The zero-order valence-electron chi connectivity index (χ0n) is 17.7. The standard InChI is InChI=1S/C25H29N3O2/c1-19(30-24-12-9-21-5-3-4-6-22(21)17-24)25(29)26-18-20-7-10-23(11-8-20)28-15-13-27(2)14-16-28/h3-12,17,19H,13-16,18H2,1-2H3,(H,26,29)/t19-/m1/s1. The van der Waals surface area contributed by atoms with Gasteiger partial charge in [0.25, 0.3) is 5.91 Å². The number of carbonyl (C=O) groups is 1. The molecule has 5 heteroatoms. The van der Waals surface area contributed by atoms with Gasteiger partial charge in [-0.05, 0) is 54.6 Å². The smallest absolute Gasteiger partial charge is 0.261 e. The minimum atomic E-state index is -0.559. The molecule has 0 spiro atoms. The predicted octanol–water partition coefficient (Wildman–Crippen LogP) is 3.68. The van der Waals surface area contributed by atoms with Gasteiger partial charge in [-0.15, -0.1) is 0 Å². The van der Waals surface area contributed by atoms with Crippen LogP contribution in [0.4, 0.5) is 5.69 Å². The quantitative estimate of drug-likeness (QED) is 0.682. The lowest BCUT2D eigenvalue weighted by Gasteiger charge is -2.34. The van der Waals surface area contributed by atoms with Gasteiger partial charge < -0.3 is 19.9 Å². The molecule has 1 N–H and O–H groups in total. The number of amides is 1. The van der Waals surface area contributed by atoms with E-state index in [-0.39, 0.29) is 5.91 Å². The fourth-order valence-electron chi connectivity index (χ4n) is 3.72. The molecule has 1 heterocycles. The van der Waals surface area contributed by atoms with Crippen molar-refractivity contribution >= 4 is 22.4 Å². The number of fused-ring (bicyclic) bond motifs is 1. The summed E-state index contributed by atoms with van der Waals surface area (Å²) >= 11 is 0. The molecular formula is C25H29N3O2. The van der Waals surface area contributed by atoms with Crippen molar-refractivity contribution in [1.82, 2.24) is 10.2 Å². The van der Waals surface area contributed by atoms with Crippen molar-refractivity contribution in [2.24, 2.45) is 0 Å². The number of anilines is 1. The molecule has 30 heavy (non-hydrogen) atoms. The summed E-state index contributed by atoms with van der Waals surface area (Å²) in [5, 5.41) is 5.23. The number of likely N-dealkylation sites (N-methyl/N-ethyl adjacent to an activating group) is 1. The molecule has 1 aliphatic heterocycles. The zero-order chi connectivity index (χ0) is 20.9. The third-order valence-corrected chi connectivity index (χ3v) is 5.67. The summed E-state index contributed by atoms with van der Waals surface area (Å²) in [5.41, 5.74) is 2.32. The number of hydrogen-bond acceptors (Lipinski definition) is 4. The molecule has 0 aliphatic carbocycles. The molecule has 0 bridgehead atoms. The summed E-state index contributed by atoms with van der Waals surface area (Å²) in [5.74, 6) is 0.583. The topological polar surface area (TPSA) is 44.8 Å². The Balaban J connectivity index is 1.29. The average Bonchev–Trinajstić information content (AvgIpc) is 2.78. The van der Waals surface area contributed by atoms with E-state index in [9.17, 15) is 4.79 Å². The van der Waals surface area contributed by atoms with Crippen LogP contribution < -0.4 is 15.0 Å². The highest BCUT2D eigenvalue weighted by Gasteiger charge is 2.16. The van der Waals surface area contributed by atoms with Crippen LogP contribution in [0.15, 0.2) is 66.7 Å². The number of hydrogen-bond donors (Lipinski definition) is 1. The summed E-state index contributed by atoms with van der Waals surface area (Å²) in [6, 6.07) is 22.4. The molecule has 1 amide bonds. The molecule has 0 radical (unpaired) electrons. The molecule has 1 atom stereocenters. The van der Waals surface area contributed by atoms with E-state index in [0.717, 1.165) is 42.5 Å². The Hall–Kier alpha value is -3.05. The van der Waals surface area contributed by atoms with E-state index < -0.39 is 6.10 Å². The number of rotatable bonds is 6. The van der Waals surface area contributed by atoms with Crippen LogP contribution in [-0.2, 0) is 11.3 Å². The zero-order valence-corrected chi connectivity index (χ0v) is 17.7. The first-order valence-corrected chi connectivity index (χ1v) is 10.5. The lowest BCUT2D eigenvalue weighted by molar-refractivity contribution is -0.127. The molecule has 4 rings (SSSR count). The minimum Gasteiger partial charge on any atom is -0.481 e. The molecule has 1 saturated heterocycles. The van der Waals surface area contributed by atoms with Gasteiger partial charge >= 0.3 is 0 Å². The van der Waals surface area contributed by atoms with Crippen LogP contribution in [0.3, 0.4) is 0 Å². The third kappa shape index (κ3) is 4.92. The highest BCUT2D eigenvalue weighted by molar-refractivity contribution is 5.84. The molecule has 156 valence electrons. The second-order valence-corrected chi connectivity index (χ2v) is 7.94. The number of nitrogens with zero attached hydrogens (tertiary/aromatic N) is 2. The van der Waals surface area contributed by atoms with Gasteiger partial charge in [-0.25, -0.2) is 0 Å². The first kappa shape index (κ1) is 20.2. The van der Waals surface area contributed by atoms with Crippen LogP contribution in [0.5, 0.6) is 5.75 Å². The Morgan fingerprint density at radius 2 is 1.67 bits per heavy atom. The van der Waals surface area contributed by atoms with Crippen molar-refractivity contribution in [1.29, 1.82) is 0 Å². The lowest BCUT2D eigenvalue weighted by Crippen LogP contribution is -2.44. The Labute approximate surface area is 178 Å². The highest BCUT2D eigenvalue weighted by Crippen LogP contribution is 2.21. The second kappa shape index (κ2) is 9.18. The van der Waals surface area contributed by atoms with E-state index in [1.165, 1.54) is 5.69 Å². The van der Waals surface area contributed by atoms with Crippen molar-refractivity contribution in [3.05, 3.63) is 72.3 Å². The fourth-order valence-corrected chi connectivity index (χ4v) is 3.72. The number of carbonyl (C=O) groups excluding carboxylic acids is 1. The van der Waals surface area contributed by atoms with Crippen LogP contribution in [-0.4, -0.2) is 50.1 Å². The van der Waals surface area contributed by atoms with Crippen molar-refractivity contribution in [2.75, 3.05) is 38.1 Å². The molecule has 0 unspecified atom stereocenters. The average molecular weight is 404 g/mol. The van der Waals surface area contributed by atoms with E-state index in [2.05, 4.69) is 52.5 Å². The Morgan fingerprint density at radius 3 is 2.40 bits per heavy atom. The van der Waals surface area contributed by atoms with E-state index in [0.29, 0.717) is 12.3 Å². The molecule has 3 aromatic rings. The minimum absolute atomic E-state index is 0.119. The molecule has 1 aliphatic rings. The van der Waals surface area contributed by atoms with Crippen molar-refractivity contribution < 1.29 is 9.53 Å². The highest BCUT2D eigenvalue weighted by atomic mass is 16.5. The van der Waals surface area contributed by atoms with Gasteiger partial charge in [0.05, 0.1) is 0 Å². The molecule has 1 fully saturated rings. The maximum atomic E-state index is 12.5. The van der Waals surface area contributed by atoms with Gasteiger partial charge in [-0.3, -0.25) is 4.79 Å². The van der Waals surface area contributed by atoms with Gasteiger partial charge in [-0.1, -0.05) is 42.5 Å². The number of piperazine rings is 1. The van der Waals surface area contributed by atoms with Crippen molar-refractivity contribution in [3.63, 3.8) is 0 Å². The molecule has 3 aromatic carbocycles. The van der Waals surface area contributed by atoms with Gasteiger partial charge in [0.15, 0.2) is 6.10 Å². The van der Waals surface area contributed by atoms with E-state index in [1.54, 1.807) is 6.92 Å². The molecular weight excluding hydrogens is 374 g/mol. The predicted molar refractivity (Wildman–Crippen MR) is 122 cm³/mol. The van der Waals surface area contributed by atoms with E-state index >= 15 is 0 Å². The molecule has 0 saturated carbocycles. The van der Waals surface area contributed by atoms with Gasteiger partial charge in [0.2, 0.25) is 0 Å². The van der Waals surface area contributed by atoms with Crippen molar-refractivity contribution in [2.45, 2.75) is 19.6 Å². The monoisotopic (exact) mass is 403 g/mol. The van der Waals surface area contributed by atoms with Crippen LogP contribution in [0, 0.1) is 0 Å². The third-order valence-electron chi connectivity index (χ3n) is 5.67. The van der Waals surface area contributed by atoms with E-state index in [1.807, 2.05) is 36.4 Å².